The summed E-state index contributed by atoms with van der Waals surface area (Å²) < 4.78 is 0. The monoisotopic (exact) mass is 310 g/mol. The van der Waals surface area contributed by atoms with Crippen molar-refractivity contribution in [1.29, 1.82) is 0 Å². The van der Waals surface area contributed by atoms with Crippen molar-refractivity contribution in [2.75, 3.05) is 18.0 Å². The van der Waals surface area contributed by atoms with Gasteiger partial charge in [0, 0.05) is 48.4 Å². The fourth-order valence-electron chi connectivity index (χ4n) is 3.71. The molecule has 1 N–H and O–H groups in total. The first kappa shape index (κ1) is 14.6. The Morgan fingerprint density at radius 2 is 1.83 bits per heavy atom. The Morgan fingerprint density at radius 3 is 2.61 bits per heavy atom. The first-order valence-corrected chi connectivity index (χ1v) is 8.51. The van der Waals surface area contributed by atoms with Crippen LogP contribution in [-0.2, 0) is 6.42 Å². The van der Waals surface area contributed by atoms with Crippen molar-refractivity contribution in [2.24, 2.45) is 0 Å². The minimum atomic E-state index is -0.322. The fourth-order valence-corrected chi connectivity index (χ4v) is 3.71. The van der Waals surface area contributed by atoms with Crippen molar-refractivity contribution >= 4 is 5.95 Å². The van der Waals surface area contributed by atoms with Gasteiger partial charge in [-0.15, -0.1) is 0 Å². The molecule has 0 bridgehead atoms. The highest BCUT2D eigenvalue weighted by Gasteiger charge is 2.25. The van der Waals surface area contributed by atoms with Crippen LogP contribution >= 0.6 is 0 Å². The predicted octanol–water partition coefficient (Wildman–Crippen LogP) is 2.63. The Balaban J connectivity index is 1.46. The number of aliphatic hydroxyl groups excluding tert-OH is 1. The van der Waals surface area contributed by atoms with Crippen LogP contribution in [-0.4, -0.2) is 33.1 Å². The number of nitrogens with zero attached hydrogens (tertiary/aromatic N) is 4. The summed E-state index contributed by atoms with van der Waals surface area (Å²) in [5, 5.41) is 10.1. The number of fused-ring (bicyclic) bond motifs is 1. The van der Waals surface area contributed by atoms with Crippen molar-refractivity contribution in [1.82, 2.24) is 15.0 Å². The van der Waals surface area contributed by atoms with E-state index in [2.05, 4.69) is 27.0 Å². The summed E-state index contributed by atoms with van der Waals surface area (Å²) >= 11 is 0. The van der Waals surface area contributed by atoms with E-state index in [1.807, 2.05) is 6.07 Å². The number of rotatable bonds is 2. The highest BCUT2D eigenvalue weighted by molar-refractivity contribution is 5.32. The summed E-state index contributed by atoms with van der Waals surface area (Å²) in [6, 6.07) is 6.06. The third kappa shape index (κ3) is 2.93. The van der Waals surface area contributed by atoms with E-state index in [4.69, 9.17) is 4.98 Å². The average molecular weight is 310 g/mol. The van der Waals surface area contributed by atoms with Gasteiger partial charge in [0.15, 0.2) is 0 Å². The van der Waals surface area contributed by atoms with Crippen LogP contribution in [0.1, 0.15) is 54.7 Å². The molecule has 4 rings (SSSR count). The molecule has 1 unspecified atom stereocenters. The standard InChI is InChI=1S/C18H22N4O/c23-17-4-1-3-16-14(17)5-6-15(21-16)13-7-11-22(12-8-13)18-19-9-2-10-20-18/h2,5-6,9-10,13,17,23H,1,3-4,7-8,11-12H2. The van der Waals surface area contributed by atoms with Crippen LogP contribution in [0.4, 0.5) is 5.95 Å². The zero-order valence-electron chi connectivity index (χ0n) is 13.2. The van der Waals surface area contributed by atoms with Crippen molar-refractivity contribution in [3.63, 3.8) is 0 Å². The number of piperidine rings is 1. The van der Waals surface area contributed by atoms with Crippen molar-refractivity contribution in [2.45, 2.75) is 44.1 Å². The van der Waals surface area contributed by atoms with Gasteiger partial charge in [0.2, 0.25) is 5.95 Å². The number of pyridine rings is 1. The molecule has 23 heavy (non-hydrogen) atoms. The topological polar surface area (TPSA) is 62.1 Å². The predicted molar refractivity (Wildman–Crippen MR) is 88.4 cm³/mol. The molecule has 0 saturated carbocycles. The Hall–Kier alpha value is -2.01. The maximum atomic E-state index is 10.1. The zero-order valence-corrected chi connectivity index (χ0v) is 13.2. The van der Waals surface area contributed by atoms with Crippen molar-refractivity contribution in [3.8, 4) is 0 Å². The average Bonchev–Trinajstić information content (AvgIpc) is 2.63. The van der Waals surface area contributed by atoms with Crippen LogP contribution in [0, 0.1) is 0 Å². The van der Waals surface area contributed by atoms with Crippen molar-refractivity contribution in [3.05, 3.63) is 47.5 Å². The third-order valence-electron chi connectivity index (χ3n) is 5.03. The van der Waals surface area contributed by atoms with Crippen molar-refractivity contribution < 1.29 is 5.11 Å². The van der Waals surface area contributed by atoms with Gasteiger partial charge in [-0.25, -0.2) is 9.97 Å². The molecular weight excluding hydrogens is 288 g/mol. The molecule has 0 amide bonds. The minimum absolute atomic E-state index is 0.322. The van der Waals surface area contributed by atoms with Gasteiger partial charge in [-0.2, -0.15) is 0 Å². The normalized spacial score (nSPS) is 22.0. The quantitative estimate of drug-likeness (QED) is 0.924. The highest BCUT2D eigenvalue weighted by Crippen LogP contribution is 2.32. The van der Waals surface area contributed by atoms with E-state index < -0.39 is 0 Å². The molecule has 1 atom stereocenters. The van der Waals surface area contributed by atoms with Gasteiger partial charge < -0.3 is 10.0 Å². The van der Waals surface area contributed by atoms with Crippen LogP contribution in [0.25, 0.3) is 0 Å². The molecule has 2 aliphatic rings. The van der Waals surface area contributed by atoms with Crippen LogP contribution in [0.5, 0.6) is 0 Å². The molecule has 0 aromatic carbocycles. The van der Waals surface area contributed by atoms with E-state index in [9.17, 15) is 5.11 Å². The number of aryl methyl sites for hydroxylation is 1. The molecule has 0 radical (unpaired) electrons. The zero-order chi connectivity index (χ0) is 15.6. The molecule has 1 aliphatic carbocycles. The van der Waals surface area contributed by atoms with E-state index in [0.29, 0.717) is 5.92 Å². The molecule has 0 spiro atoms. The molecule has 1 fully saturated rings. The SMILES string of the molecule is OC1CCCc2nc(C3CCN(c4ncccn4)CC3)ccc21. The second-order valence-electron chi connectivity index (χ2n) is 6.49. The Morgan fingerprint density at radius 1 is 1.04 bits per heavy atom. The number of hydrogen-bond acceptors (Lipinski definition) is 5. The van der Waals surface area contributed by atoms with Gasteiger partial charge in [0.25, 0.3) is 0 Å². The second-order valence-corrected chi connectivity index (χ2v) is 6.49. The maximum Gasteiger partial charge on any atom is 0.225 e. The summed E-state index contributed by atoms with van der Waals surface area (Å²) in [5.74, 6) is 1.33. The first-order chi connectivity index (χ1) is 11.3. The maximum absolute atomic E-state index is 10.1. The van der Waals surface area contributed by atoms with Gasteiger partial charge in [0.05, 0.1) is 6.10 Å². The summed E-state index contributed by atoms with van der Waals surface area (Å²) in [7, 11) is 0. The second kappa shape index (κ2) is 6.24. The molecule has 5 nitrogen and oxygen atoms in total. The third-order valence-corrected chi connectivity index (χ3v) is 5.03. The molecule has 1 aliphatic heterocycles. The van der Waals surface area contributed by atoms with Gasteiger partial charge >= 0.3 is 0 Å². The largest absolute Gasteiger partial charge is 0.388 e. The Bertz CT molecular complexity index is 668. The molecule has 2 aromatic heterocycles. The highest BCUT2D eigenvalue weighted by atomic mass is 16.3. The van der Waals surface area contributed by atoms with E-state index in [1.54, 1.807) is 12.4 Å². The van der Waals surface area contributed by atoms with Gasteiger partial charge in [-0.1, -0.05) is 6.07 Å². The molecule has 120 valence electrons. The molecule has 3 heterocycles. The van der Waals surface area contributed by atoms with Gasteiger partial charge in [0.1, 0.15) is 0 Å². The summed E-state index contributed by atoms with van der Waals surface area (Å²) in [6.07, 6.45) is 8.32. The lowest BCUT2D eigenvalue weighted by Crippen LogP contribution is -2.34. The molecule has 1 saturated heterocycles. The molecule has 5 heteroatoms. The number of hydrogen-bond donors (Lipinski definition) is 1. The molecular formula is C18H22N4O. The number of aliphatic hydroxyl groups is 1. The van der Waals surface area contributed by atoms with Crippen LogP contribution in [0.15, 0.2) is 30.6 Å². The minimum Gasteiger partial charge on any atom is -0.388 e. The fraction of sp³-hybridized carbons (Fsp3) is 0.500. The van der Waals surface area contributed by atoms with Gasteiger partial charge in [-0.3, -0.25) is 4.98 Å². The van der Waals surface area contributed by atoms with E-state index in [1.165, 1.54) is 5.69 Å². The van der Waals surface area contributed by atoms with E-state index >= 15 is 0 Å². The Kier molecular flexibility index (Phi) is 3.95. The van der Waals surface area contributed by atoms with E-state index in [-0.39, 0.29) is 6.10 Å². The molecule has 2 aromatic rings. The lowest BCUT2D eigenvalue weighted by Gasteiger charge is -2.32. The number of anilines is 1. The number of aromatic nitrogens is 3. The van der Waals surface area contributed by atoms with Crippen LogP contribution in [0.2, 0.25) is 0 Å². The first-order valence-electron chi connectivity index (χ1n) is 8.51. The van der Waals surface area contributed by atoms with Gasteiger partial charge in [-0.05, 0) is 44.2 Å². The van der Waals surface area contributed by atoms with E-state index in [0.717, 1.165) is 62.4 Å². The lowest BCUT2D eigenvalue weighted by atomic mass is 9.89. The summed E-state index contributed by atoms with van der Waals surface area (Å²) in [4.78, 5) is 15.8. The lowest BCUT2D eigenvalue weighted by molar-refractivity contribution is 0.155. The Labute approximate surface area is 136 Å². The van der Waals surface area contributed by atoms with Crippen LogP contribution < -0.4 is 4.90 Å². The smallest absolute Gasteiger partial charge is 0.225 e. The summed E-state index contributed by atoms with van der Waals surface area (Å²) in [5.41, 5.74) is 3.33. The summed E-state index contributed by atoms with van der Waals surface area (Å²) in [6.45, 7) is 1.94. The van der Waals surface area contributed by atoms with Crippen LogP contribution in [0.3, 0.4) is 0 Å².